The Morgan fingerprint density at radius 1 is 1.07 bits per heavy atom. The van der Waals surface area contributed by atoms with Gasteiger partial charge in [-0.2, -0.15) is 13.2 Å². The van der Waals surface area contributed by atoms with Gasteiger partial charge in [0, 0.05) is 6.20 Å². The molecule has 1 amide bonds. The normalized spacial score (nSPS) is 11.3. The highest BCUT2D eigenvalue weighted by Gasteiger charge is 2.31. The molecule has 0 aliphatic heterocycles. The molecule has 0 unspecified atom stereocenters. The van der Waals surface area contributed by atoms with Crippen LogP contribution in [0.15, 0.2) is 65.6 Å². The van der Waals surface area contributed by atoms with E-state index in [1.807, 2.05) is 31.2 Å². The number of carbonyl (C=O) groups excluding carboxylic acids is 1. The second-order valence-corrected chi connectivity index (χ2v) is 6.49. The molecule has 0 saturated heterocycles. The summed E-state index contributed by atoms with van der Waals surface area (Å²) in [6.07, 6.45) is -3.20. The third-order valence-corrected chi connectivity index (χ3v) is 4.24. The Bertz CT molecular complexity index is 1120. The Balaban J connectivity index is 1.88. The highest BCUT2D eigenvalue weighted by Crippen LogP contribution is 2.31. The summed E-state index contributed by atoms with van der Waals surface area (Å²) in [5.74, 6) is -2.03. The second-order valence-electron chi connectivity index (χ2n) is 6.49. The van der Waals surface area contributed by atoms with Gasteiger partial charge in [0.05, 0.1) is 17.8 Å². The summed E-state index contributed by atoms with van der Waals surface area (Å²) in [6.45, 7) is 2.11. The highest BCUT2D eigenvalue weighted by molar-refractivity contribution is 6.04. The Labute approximate surface area is 163 Å². The van der Waals surface area contributed by atoms with Crippen molar-refractivity contribution in [1.29, 1.82) is 0 Å². The third-order valence-electron chi connectivity index (χ3n) is 4.24. The monoisotopic (exact) mass is 404 g/mol. The highest BCUT2D eigenvalue weighted by atomic mass is 19.4. The quantitative estimate of drug-likeness (QED) is 0.646. The molecular weight excluding hydrogens is 388 g/mol. The number of amides is 1. The van der Waals surface area contributed by atoms with Crippen molar-refractivity contribution in [3.63, 3.8) is 0 Å². The van der Waals surface area contributed by atoms with Crippen LogP contribution >= 0.6 is 0 Å². The van der Waals surface area contributed by atoms with Crippen LogP contribution in [0.1, 0.15) is 27.0 Å². The van der Waals surface area contributed by atoms with Gasteiger partial charge in [0.1, 0.15) is 11.4 Å². The van der Waals surface area contributed by atoms with Crippen LogP contribution in [-0.2, 0) is 12.7 Å². The van der Waals surface area contributed by atoms with Crippen LogP contribution < -0.4 is 10.9 Å². The van der Waals surface area contributed by atoms with Crippen molar-refractivity contribution in [2.75, 3.05) is 5.32 Å². The minimum atomic E-state index is -4.69. The summed E-state index contributed by atoms with van der Waals surface area (Å²) >= 11 is 0. The predicted molar refractivity (Wildman–Crippen MR) is 100 cm³/mol. The SMILES string of the molecule is Cc1cccc(Cn2cccc(C(=O)Nc3cc(C(F)(F)F)ccc3F)c2=O)c1. The van der Waals surface area contributed by atoms with E-state index in [9.17, 15) is 27.2 Å². The number of nitrogens with one attached hydrogen (secondary N) is 1. The number of aromatic nitrogens is 1. The van der Waals surface area contributed by atoms with Crippen LogP contribution in [0.2, 0.25) is 0 Å². The van der Waals surface area contributed by atoms with Crippen LogP contribution in [-0.4, -0.2) is 10.5 Å². The number of benzene rings is 2. The molecule has 1 N–H and O–H groups in total. The zero-order chi connectivity index (χ0) is 21.2. The van der Waals surface area contributed by atoms with Crippen molar-refractivity contribution in [3.05, 3.63) is 99.2 Å². The average molecular weight is 404 g/mol. The van der Waals surface area contributed by atoms with Crippen LogP contribution in [0.5, 0.6) is 0 Å². The third kappa shape index (κ3) is 4.71. The largest absolute Gasteiger partial charge is 0.416 e. The molecule has 2 aromatic carbocycles. The van der Waals surface area contributed by atoms with E-state index >= 15 is 0 Å². The fourth-order valence-corrected chi connectivity index (χ4v) is 2.83. The topological polar surface area (TPSA) is 51.1 Å². The van der Waals surface area contributed by atoms with Gasteiger partial charge in [0.15, 0.2) is 0 Å². The molecule has 29 heavy (non-hydrogen) atoms. The number of hydrogen-bond donors (Lipinski definition) is 1. The van der Waals surface area contributed by atoms with Gasteiger partial charge in [-0.1, -0.05) is 29.8 Å². The summed E-state index contributed by atoms with van der Waals surface area (Å²) in [7, 11) is 0. The smallest absolute Gasteiger partial charge is 0.319 e. The number of carbonyl (C=O) groups is 1. The van der Waals surface area contributed by atoms with E-state index < -0.39 is 34.7 Å². The number of pyridine rings is 1. The molecule has 0 aliphatic rings. The number of rotatable bonds is 4. The van der Waals surface area contributed by atoms with Gasteiger partial charge in [-0.05, 0) is 42.8 Å². The van der Waals surface area contributed by atoms with Crippen LogP contribution in [0.25, 0.3) is 0 Å². The fraction of sp³-hybridized carbons (Fsp3) is 0.143. The van der Waals surface area contributed by atoms with Crippen molar-refractivity contribution in [3.8, 4) is 0 Å². The standard InChI is InChI=1S/C21H16F4N2O2/c1-13-4-2-5-14(10-13)12-27-9-3-6-16(20(27)29)19(28)26-18-11-15(21(23,24)25)7-8-17(18)22/h2-11H,12H2,1H3,(H,26,28). The minimum absolute atomic E-state index is 0.208. The first-order valence-electron chi connectivity index (χ1n) is 8.58. The molecule has 0 atom stereocenters. The van der Waals surface area contributed by atoms with Gasteiger partial charge in [-0.3, -0.25) is 9.59 Å². The molecule has 0 fully saturated rings. The molecule has 4 nitrogen and oxygen atoms in total. The molecule has 1 aromatic heterocycles. The molecule has 0 saturated carbocycles. The van der Waals surface area contributed by atoms with Gasteiger partial charge in [0.2, 0.25) is 0 Å². The molecule has 0 radical (unpaired) electrons. The average Bonchev–Trinajstić information content (AvgIpc) is 2.64. The van der Waals surface area contributed by atoms with Crippen LogP contribution in [0.4, 0.5) is 23.2 Å². The summed E-state index contributed by atoms with van der Waals surface area (Å²) in [6, 6.07) is 11.8. The molecule has 0 spiro atoms. The van der Waals surface area contributed by atoms with Crippen molar-refractivity contribution >= 4 is 11.6 Å². The molecule has 0 bridgehead atoms. The molecule has 150 valence electrons. The van der Waals surface area contributed by atoms with Crippen LogP contribution in [0.3, 0.4) is 0 Å². The summed E-state index contributed by atoms with van der Waals surface area (Å²) < 4.78 is 53.6. The molecular formula is C21H16F4N2O2. The maximum absolute atomic E-state index is 13.9. The summed E-state index contributed by atoms with van der Waals surface area (Å²) in [4.78, 5) is 25.1. The number of nitrogens with zero attached hydrogens (tertiary/aromatic N) is 1. The first kappa shape index (κ1) is 20.3. The van der Waals surface area contributed by atoms with Gasteiger partial charge >= 0.3 is 6.18 Å². The molecule has 3 aromatic rings. The van der Waals surface area contributed by atoms with Crippen molar-refractivity contribution in [2.24, 2.45) is 0 Å². The van der Waals surface area contributed by atoms with E-state index in [1.165, 1.54) is 22.9 Å². The van der Waals surface area contributed by atoms with Crippen LogP contribution in [0, 0.1) is 12.7 Å². The number of hydrogen-bond acceptors (Lipinski definition) is 2. The lowest BCUT2D eigenvalue weighted by atomic mass is 10.1. The lowest BCUT2D eigenvalue weighted by Crippen LogP contribution is -2.29. The zero-order valence-electron chi connectivity index (χ0n) is 15.3. The maximum atomic E-state index is 13.9. The van der Waals surface area contributed by atoms with Gasteiger partial charge < -0.3 is 9.88 Å². The first-order chi connectivity index (χ1) is 13.6. The van der Waals surface area contributed by atoms with E-state index in [2.05, 4.69) is 5.32 Å². The van der Waals surface area contributed by atoms with E-state index in [4.69, 9.17) is 0 Å². The predicted octanol–water partition coefficient (Wildman–Crippen LogP) is 4.62. The Morgan fingerprint density at radius 2 is 1.83 bits per heavy atom. The lowest BCUT2D eigenvalue weighted by Gasteiger charge is -2.12. The lowest BCUT2D eigenvalue weighted by molar-refractivity contribution is -0.137. The number of anilines is 1. The first-order valence-corrected chi connectivity index (χ1v) is 8.58. The van der Waals surface area contributed by atoms with E-state index in [0.29, 0.717) is 18.2 Å². The summed E-state index contributed by atoms with van der Waals surface area (Å²) in [5.41, 5.74) is -0.869. The Hall–Kier alpha value is -3.42. The summed E-state index contributed by atoms with van der Waals surface area (Å²) in [5, 5.41) is 2.05. The fourth-order valence-electron chi connectivity index (χ4n) is 2.83. The van der Waals surface area contributed by atoms with E-state index in [1.54, 1.807) is 0 Å². The number of halogens is 4. The number of alkyl halides is 3. The van der Waals surface area contributed by atoms with Crippen molar-refractivity contribution in [1.82, 2.24) is 4.57 Å². The van der Waals surface area contributed by atoms with Gasteiger partial charge in [0.25, 0.3) is 11.5 Å². The Kier molecular flexibility index (Phi) is 5.54. The molecule has 8 heteroatoms. The Morgan fingerprint density at radius 3 is 2.52 bits per heavy atom. The zero-order valence-corrected chi connectivity index (χ0v) is 15.3. The van der Waals surface area contributed by atoms with Gasteiger partial charge in [-0.25, -0.2) is 4.39 Å². The van der Waals surface area contributed by atoms with E-state index in [0.717, 1.165) is 11.1 Å². The second kappa shape index (κ2) is 7.90. The minimum Gasteiger partial charge on any atom is -0.319 e. The van der Waals surface area contributed by atoms with E-state index in [-0.39, 0.29) is 12.1 Å². The number of aryl methyl sites for hydroxylation is 1. The molecule has 3 rings (SSSR count). The van der Waals surface area contributed by atoms with Crippen molar-refractivity contribution in [2.45, 2.75) is 19.6 Å². The van der Waals surface area contributed by atoms with Crippen molar-refractivity contribution < 1.29 is 22.4 Å². The maximum Gasteiger partial charge on any atom is 0.416 e. The molecule has 0 aliphatic carbocycles. The van der Waals surface area contributed by atoms with Gasteiger partial charge in [-0.15, -0.1) is 0 Å². The molecule has 1 heterocycles.